The van der Waals surface area contributed by atoms with Gasteiger partial charge in [0.2, 0.25) is 0 Å². The number of hydrogen-bond acceptors (Lipinski definition) is 9. The molecule has 0 spiro atoms. The molecule has 24 heavy (non-hydrogen) atoms. The Morgan fingerprint density at radius 1 is 1.08 bits per heavy atom. The first-order valence-electron chi connectivity index (χ1n) is 6.65. The topological polar surface area (TPSA) is 145 Å². The van der Waals surface area contributed by atoms with Gasteiger partial charge in [0.25, 0.3) is 0 Å². The lowest BCUT2D eigenvalue weighted by atomic mass is 10.2. The Morgan fingerprint density at radius 2 is 1.79 bits per heavy atom. The van der Waals surface area contributed by atoms with Crippen LogP contribution in [0.4, 0.5) is 5.69 Å². The molecule has 1 aliphatic heterocycles. The summed E-state index contributed by atoms with van der Waals surface area (Å²) in [4.78, 5) is 0. The number of rotatable bonds is 3. The highest BCUT2D eigenvalue weighted by atomic mass is 16.6. The van der Waals surface area contributed by atoms with E-state index in [-0.39, 0.29) is 11.3 Å². The second-order valence-corrected chi connectivity index (χ2v) is 4.48. The zero-order chi connectivity index (χ0) is 16.9. The molecule has 0 bridgehead atoms. The van der Waals surface area contributed by atoms with Crippen molar-refractivity contribution in [2.45, 2.75) is 0 Å². The fourth-order valence-corrected chi connectivity index (χ4v) is 2.06. The number of nitrogens with zero attached hydrogens (tertiary/aromatic N) is 7. The van der Waals surface area contributed by atoms with Crippen molar-refractivity contribution in [3.05, 3.63) is 29.7 Å². The number of fused-ring (bicyclic) bond motifs is 1. The number of ether oxygens (including phenoxy) is 2. The van der Waals surface area contributed by atoms with Crippen molar-refractivity contribution in [2.24, 2.45) is 0 Å². The Balaban J connectivity index is 2.13. The molecule has 1 N–H and O–H groups in total. The number of aromatic nitrogens is 4. The van der Waals surface area contributed by atoms with Gasteiger partial charge in [0.15, 0.2) is 17.1 Å². The van der Waals surface area contributed by atoms with Crippen LogP contribution in [0.25, 0.3) is 5.69 Å². The van der Waals surface area contributed by atoms with E-state index in [0.717, 1.165) is 0 Å². The van der Waals surface area contributed by atoms with Crippen molar-refractivity contribution in [1.82, 2.24) is 20.2 Å². The molecule has 0 aliphatic carbocycles. The molecule has 10 heteroatoms. The van der Waals surface area contributed by atoms with Crippen LogP contribution in [0.15, 0.2) is 29.7 Å². The average Bonchev–Trinajstić information content (AvgIpc) is 3.15. The Morgan fingerprint density at radius 3 is 2.38 bits per heavy atom. The maximum absolute atomic E-state index is 9.20. The summed E-state index contributed by atoms with van der Waals surface area (Å²) in [5.74, 6) is 0.967. The standard InChI is InChI=1S/C14H8N8O2/c15-5-9(6-16)11(7-17)19-10-3-13-14(24-2-1-23-13)4-12(10)22-8-18-20-21-22/h3-4,8,19H,1-2H2. The highest BCUT2D eigenvalue weighted by Gasteiger charge is 2.19. The van der Waals surface area contributed by atoms with Gasteiger partial charge in [-0.2, -0.15) is 20.5 Å². The van der Waals surface area contributed by atoms with Gasteiger partial charge < -0.3 is 14.8 Å². The average molecular weight is 320 g/mol. The molecule has 0 radical (unpaired) electrons. The Kier molecular flexibility index (Phi) is 3.92. The summed E-state index contributed by atoms with van der Waals surface area (Å²) in [5, 5.41) is 40.8. The summed E-state index contributed by atoms with van der Waals surface area (Å²) < 4.78 is 12.4. The second kappa shape index (κ2) is 6.34. The largest absolute Gasteiger partial charge is 0.486 e. The summed E-state index contributed by atoms with van der Waals surface area (Å²) >= 11 is 0. The Bertz CT molecular complexity index is 911. The molecule has 0 atom stereocenters. The van der Waals surface area contributed by atoms with E-state index in [0.29, 0.717) is 36.1 Å². The van der Waals surface area contributed by atoms with E-state index in [2.05, 4.69) is 20.8 Å². The molecule has 116 valence electrons. The molecule has 0 unspecified atom stereocenters. The molecule has 1 aromatic carbocycles. The van der Waals surface area contributed by atoms with Gasteiger partial charge in [0, 0.05) is 12.1 Å². The minimum absolute atomic E-state index is 0.189. The maximum atomic E-state index is 9.20. The summed E-state index contributed by atoms with van der Waals surface area (Å²) in [5.41, 5.74) is 0.319. The van der Waals surface area contributed by atoms with Crippen molar-refractivity contribution in [2.75, 3.05) is 18.5 Å². The van der Waals surface area contributed by atoms with E-state index < -0.39 is 0 Å². The first-order valence-corrected chi connectivity index (χ1v) is 6.65. The zero-order valence-corrected chi connectivity index (χ0v) is 12.1. The maximum Gasteiger partial charge on any atom is 0.163 e. The van der Waals surface area contributed by atoms with Gasteiger partial charge in [0.05, 0.1) is 11.4 Å². The SMILES string of the molecule is N#CC(C#N)=C(C#N)Nc1cc2c(cc1-n1cnnn1)OCCO2. The molecule has 1 aromatic heterocycles. The van der Waals surface area contributed by atoms with Crippen LogP contribution < -0.4 is 14.8 Å². The summed E-state index contributed by atoms with van der Waals surface area (Å²) in [6, 6.07) is 8.37. The lowest BCUT2D eigenvalue weighted by Crippen LogP contribution is -2.16. The molecule has 0 fully saturated rings. The van der Waals surface area contributed by atoms with E-state index in [1.54, 1.807) is 30.3 Å². The minimum Gasteiger partial charge on any atom is -0.486 e. The molecule has 10 nitrogen and oxygen atoms in total. The molecule has 1 aliphatic rings. The van der Waals surface area contributed by atoms with Crippen LogP contribution in [-0.2, 0) is 0 Å². The van der Waals surface area contributed by atoms with Crippen molar-refractivity contribution in [1.29, 1.82) is 15.8 Å². The van der Waals surface area contributed by atoms with Crippen molar-refractivity contribution in [3.63, 3.8) is 0 Å². The van der Waals surface area contributed by atoms with Crippen molar-refractivity contribution >= 4 is 5.69 Å². The van der Waals surface area contributed by atoms with Crippen LogP contribution >= 0.6 is 0 Å². The van der Waals surface area contributed by atoms with Gasteiger partial charge in [-0.05, 0) is 10.4 Å². The smallest absolute Gasteiger partial charge is 0.163 e. The van der Waals surface area contributed by atoms with E-state index >= 15 is 0 Å². The van der Waals surface area contributed by atoms with Crippen LogP contribution in [0.1, 0.15) is 0 Å². The van der Waals surface area contributed by atoms with E-state index in [1.807, 2.05) is 0 Å². The molecule has 2 heterocycles. The predicted octanol–water partition coefficient (Wildman–Crippen LogP) is 0.670. The van der Waals surface area contributed by atoms with Crippen LogP contribution in [0.3, 0.4) is 0 Å². The summed E-state index contributed by atoms with van der Waals surface area (Å²) in [6.45, 7) is 0.796. The van der Waals surface area contributed by atoms with Crippen LogP contribution in [0.5, 0.6) is 11.5 Å². The number of nitrogens with one attached hydrogen (secondary N) is 1. The third-order valence-corrected chi connectivity index (χ3v) is 3.10. The molecule has 0 amide bonds. The lowest BCUT2D eigenvalue weighted by molar-refractivity contribution is 0.171. The van der Waals surface area contributed by atoms with E-state index in [4.69, 9.17) is 20.0 Å². The number of nitriles is 3. The molecular formula is C14H8N8O2. The fraction of sp³-hybridized carbons (Fsp3) is 0.143. The summed E-state index contributed by atoms with van der Waals surface area (Å²) in [6.07, 6.45) is 1.36. The van der Waals surface area contributed by atoms with Gasteiger partial charge in [-0.15, -0.1) is 5.10 Å². The number of tetrazole rings is 1. The van der Waals surface area contributed by atoms with Crippen LogP contribution in [0, 0.1) is 34.0 Å². The third kappa shape index (κ3) is 2.65. The second-order valence-electron chi connectivity index (χ2n) is 4.48. The molecule has 3 rings (SSSR count). The fourth-order valence-electron chi connectivity index (χ4n) is 2.06. The third-order valence-electron chi connectivity index (χ3n) is 3.10. The van der Waals surface area contributed by atoms with Crippen molar-refractivity contribution in [3.8, 4) is 35.4 Å². The van der Waals surface area contributed by atoms with Gasteiger partial charge in [-0.25, -0.2) is 0 Å². The minimum atomic E-state index is -0.338. The molecular weight excluding hydrogens is 312 g/mol. The molecule has 0 saturated carbocycles. The van der Waals surface area contributed by atoms with Crippen molar-refractivity contribution < 1.29 is 9.47 Å². The number of hydrogen-bond donors (Lipinski definition) is 1. The van der Waals surface area contributed by atoms with Gasteiger partial charge in [0.1, 0.15) is 43.4 Å². The molecule has 0 saturated heterocycles. The Labute approximate surface area is 135 Å². The highest BCUT2D eigenvalue weighted by molar-refractivity contribution is 5.72. The Hall–Kier alpha value is -4.10. The quantitative estimate of drug-likeness (QED) is 0.806. The van der Waals surface area contributed by atoms with Gasteiger partial charge in [-0.1, -0.05) is 0 Å². The normalized spacial score (nSPS) is 11.5. The number of allylic oxidation sites excluding steroid dienone is 2. The number of anilines is 1. The zero-order valence-electron chi connectivity index (χ0n) is 12.1. The first-order chi connectivity index (χ1) is 11.8. The van der Waals surface area contributed by atoms with E-state index in [9.17, 15) is 5.26 Å². The van der Waals surface area contributed by atoms with Crippen LogP contribution in [0.2, 0.25) is 0 Å². The monoisotopic (exact) mass is 320 g/mol. The summed E-state index contributed by atoms with van der Waals surface area (Å²) in [7, 11) is 0. The van der Waals surface area contributed by atoms with Crippen LogP contribution in [-0.4, -0.2) is 33.4 Å². The van der Waals surface area contributed by atoms with Gasteiger partial charge >= 0.3 is 0 Å². The molecule has 2 aromatic rings. The van der Waals surface area contributed by atoms with Gasteiger partial charge in [-0.3, -0.25) is 0 Å². The first kappa shape index (κ1) is 14.8. The predicted molar refractivity (Wildman–Crippen MR) is 77.6 cm³/mol. The lowest BCUT2D eigenvalue weighted by Gasteiger charge is -2.21. The number of benzene rings is 1. The highest BCUT2D eigenvalue weighted by Crippen LogP contribution is 2.37. The van der Waals surface area contributed by atoms with E-state index in [1.165, 1.54) is 11.0 Å².